The lowest BCUT2D eigenvalue weighted by atomic mass is 9.90. The molecule has 1 heterocycles. The Bertz CT molecular complexity index is 559. The zero-order valence-corrected chi connectivity index (χ0v) is 12.9. The number of aryl methyl sites for hydroxylation is 1. The second-order valence-electron chi connectivity index (χ2n) is 5.55. The average Bonchev–Trinajstić information content (AvgIpc) is 2.91. The predicted octanol–water partition coefficient (Wildman–Crippen LogP) is 3.06. The minimum atomic E-state index is -0.00123. The number of nitrogens with zero attached hydrogens (tertiary/aromatic N) is 1. The Morgan fingerprint density at radius 1 is 1.29 bits per heavy atom. The van der Waals surface area contributed by atoms with E-state index in [9.17, 15) is 9.59 Å². The van der Waals surface area contributed by atoms with E-state index < -0.39 is 0 Å². The minimum Gasteiger partial charge on any atom is -0.332 e. The van der Waals surface area contributed by atoms with Crippen molar-refractivity contribution in [3.63, 3.8) is 0 Å². The van der Waals surface area contributed by atoms with E-state index >= 15 is 0 Å². The predicted molar refractivity (Wildman–Crippen MR) is 85.8 cm³/mol. The molecule has 0 aromatic heterocycles. The van der Waals surface area contributed by atoms with Crippen molar-refractivity contribution in [3.05, 3.63) is 29.3 Å². The summed E-state index contributed by atoms with van der Waals surface area (Å²) < 4.78 is 0. The highest BCUT2D eigenvalue weighted by atomic mass is 32.2. The molecule has 2 aliphatic rings. The van der Waals surface area contributed by atoms with Crippen molar-refractivity contribution in [2.45, 2.75) is 32.1 Å². The van der Waals surface area contributed by atoms with Gasteiger partial charge in [-0.05, 0) is 42.9 Å². The van der Waals surface area contributed by atoms with Crippen molar-refractivity contribution < 1.29 is 9.59 Å². The van der Waals surface area contributed by atoms with Crippen LogP contribution in [0.15, 0.2) is 18.2 Å². The fourth-order valence-electron chi connectivity index (χ4n) is 2.98. The van der Waals surface area contributed by atoms with E-state index in [4.69, 9.17) is 0 Å². The molecule has 1 aliphatic heterocycles. The van der Waals surface area contributed by atoms with Gasteiger partial charge in [0, 0.05) is 31.0 Å². The SMILES string of the molecule is O=C(CCN1CCSC1=O)Nc1cccc2c1CCCC2. The number of hydrogen-bond donors (Lipinski definition) is 1. The molecule has 1 aromatic rings. The number of nitrogens with one attached hydrogen (secondary N) is 1. The smallest absolute Gasteiger partial charge is 0.281 e. The van der Waals surface area contributed by atoms with Gasteiger partial charge in [0.2, 0.25) is 5.91 Å². The number of benzene rings is 1. The highest BCUT2D eigenvalue weighted by Crippen LogP contribution is 2.28. The number of fused-ring (bicyclic) bond motifs is 1. The molecule has 21 heavy (non-hydrogen) atoms. The van der Waals surface area contributed by atoms with Crippen LogP contribution in [0.3, 0.4) is 0 Å². The van der Waals surface area contributed by atoms with Crippen LogP contribution in [0.25, 0.3) is 0 Å². The van der Waals surface area contributed by atoms with E-state index in [1.165, 1.54) is 35.7 Å². The Morgan fingerprint density at radius 2 is 2.14 bits per heavy atom. The first-order valence-corrected chi connectivity index (χ1v) is 8.55. The van der Waals surface area contributed by atoms with E-state index in [1.54, 1.807) is 4.90 Å². The van der Waals surface area contributed by atoms with Crippen LogP contribution in [0.1, 0.15) is 30.4 Å². The zero-order chi connectivity index (χ0) is 14.7. The van der Waals surface area contributed by atoms with Crippen LogP contribution in [0.2, 0.25) is 0 Å². The van der Waals surface area contributed by atoms with E-state index in [0.717, 1.165) is 30.8 Å². The molecule has 0 bridgehead atoms. The maximum absolute atomic E-state index is 12.1. The topological polar surface area (TPSA) is 49.4 Å². The third kappa shape index (κ3) is 3.40. The number of hydrogen-bond acceptors (Lipinski definition) is 3. The number of thioether (sulfide) groups is 1. The van der Waals surface area contributed by atoms with Crippen LogP contribution in [-0.2, 0) is 17.6 Å². The third-order valence-corrected chi connectivity index (χ3v) is 5.02. The van der Waals surface area contributed by atoms with Gasteiger partial charge in [-0.15, -0.1) is 0 Å². The van der Waals surface area contributed by atoms with Gasteiger partial charge < -0.3 is 10.2 Å². The van der Waals surface area contributed by atoms with Crippen molar-refractivity contribution in [2.24, 2.45) is 0 Å². The van der Waals surface area contributed by atoms with Gasteiger partial charge in [0.25, 0.3) is 5.24 Å². The van der Waals surface area contributed by atoms with Gasteiger partial charge in [0.1, 0.15) is 0 Å². The summed E-state index contributed by atoms with van der Waals surface area (Å²) in [6.45, 7) is 1.28. The molecule has 1 aromatic carbocycles. The Hall–Kier alpha value is -1.49. The van der Waals surface area contributed by atoms with Crippen LogP contribution >= 0.6 is 11.8 Å². The normalized spacial score (nSPS) is 17.7. The van der Waals surface area contributed by atoms with Gasteiger partial charge in [-0.25, -0.2) is 0 Å². The van der Waals surface area contributed by atoms with E-state index in [1.807, 2.05) is 12.1 Å². The largest absolute Gasteiger partial charge is 0.332 e. The summed E-state index contributed by atoms with van der Waals surface area (Å²) in [5.74, 6) is 0.839. The first-order valence-electron chi connectivity index (χ1n) is 7.56. The molecule has 1 N–H and O–H groups in total. The zero-order valence-electron chi connectivity index (χ0n) is 12.1. The van der Waals surface area contributed by atoms with Crippen LogP contribution in [0, 0.1) is 0 Å². The third-order valence-electron chi connectivity index (χ3n) is 4.12. The summed E-state index contributed by atoms with van der Waals surface area (Å²) in [6.07, 6.45) is 4.96. The van der Waals surface area contributed by atoms with Crippen molar-refractivity contribution in [1.82, 2.24) is 4.90 Å². The number of carbonyl (C=O) groups excluding carboxylic acids is 2. The monoisotopic (exact) mass is 304 g/mol. The number of amides is 2. The number of anilines is 1. The van der Waals surface area contributed by atoms with E-state index in [2.05, 4.69) is 11.4 Å². The van der Waals surface area contributed by atoms with Gasteiger partial charge in [-0.2, -0.15) is 0 Å². The lowest BCUT2D eigenvalue weighted by Gasteiger charge is -2.20. The quantitative estimate of drug-likeness (QED) is 0.930. The molecular weight excluding hydrogens is 284 g/mol. The average molecular weight is 304 g/mol. The standard InChI is InChI=1S/C16H20N2O2S/c19-15(8-9-18-10-11-21-16(18)20)17-14-7-3-5-12-4-1-2-6-13(12)14/h3,5,7H,1-2,4,6,8-11H2,(H,17,19). The highest BCUT2D eigenvalue weighted by Gasteiger charge is 2.21. The minimum absolute atomic E-state index is 0.00123. The van der Waals surface area contributed by atoms with E-state index in [0.29, 0.717) is 13.0 Å². The summed E-state index contributed by atoms with van der Waals surface area (Å²) in [4.78, 5) is 25.4. The summed E-state index contributed by atoms with van der Waals surface area (Å²) >= 11 is 1.33. The molecule has 1 saturated heterocycles. The molecule has 3 rings (SSSR count). The van der Waals surface area contributed by atoms with Crippen LogP contribution in [0.5, 0.6) is 0 Å². The maximum atomic E-state index is 12.1. The summed E-state index contributed by atoms with van der Waals surface area (Å²) in [5.41, 5.74) is 3.62. The Labute approximate surface area is 129 Å². The summed E-state index contributed by atoms with van der Waals surface area (Å²) in [5, 5.41) is 3.12. The lowest BCUT2D eigenvalue weighted by molar-refractivity contribution is -0.116. The van der Waals surface area contributed by atoms with Gasteiger partial charge in [0.15, 0.2) is 0 Å². The fourth-order valence-corrected chi connectivity index (χ4v) is 3.83. The number of carbonyl (C=O) groups is 2. The lowest BCUT2D eigenvalue weighted by Crippen LogP contribution is -2.28. The molecule has 0 spiro atoms. The summed E-state index contributed by atoms with van der Waals surface area (Å²) in [7, 11) is 0. The molecule has 1 fully saturated rings. The van der Waals surface area contributed by atoms with Crippen molar-refractivity contribution in [2.75, 3.05) is 24.2 Å². The van der Waals surface area contributed by atoms with Crippen LogP contribution < -0.4 is 5.32 Å². The number of rotatable bonds is 4. The fraction of sp³-hybridized carbons (Fsp3) is 0.500. The van der Waals surface area contributed by atoms with Crippen molar-refractivity contribution >= 4 is 28.6 Å². The summed E-state index contributed by atoms with van der Waals surface area (Å²) in [6, 6.07) is 6.16. The first kappa shape index (κ1) is 14.4. The van der Waals surface area contributed by atoms with Crippen molar-refractivity contribution in [3.8, 4) is 0 Å². The Balaban J connectivity index is 1.58. The molecule has 1 aliphatic carbocycles. The Morgan fingerprint density at radius 3 is 2.95 bits per heavy atom. The molecule has 4 nitrogen and oxygen atoms in total. The van der Waals surface area contributed by atoms with Crippen molar-refractivity contribution in [1.29, 1.82) is 0 Å². The van der Waals surface area contributed by atoms with Gasteiger partial charge >= 0.3 is 0 Å². The molecule has 2 amide bonds. The van der Waals surface area contributed by atoms with Crippen LogP contribution in [0.4, 0.5) is 10.5 Å². The van der Waals surface area contributed by atoms with Crippen LogP contribution in [-0.4, -0.2) is 34.9 Å². The van der Waals surface area contributed by atoms with Gasteiger partial charge in [-0.1, -0.05) is 23.9 Å². The molecule has 0 unspecified atom stereocenters. The highest BCUT2D eigenvalue weighted by molar-refractivity contribution is 8.13. The molecule has 0 radical (unpaired) electrons. The maximum Gasteiger partial charge on any atom is 0.281 e. The molecular formula is C16H20N2O2S. The first-order chi connectivity index (χ1) is 10.2. The second kappa shape index (κ2) is 6.52. The molecule has 0 atom stereocenters. The second-order valence-corrected chi connectivity index (χ2v) is 6.60. The van der Waals surface area contributed by atoms with Gasteiger partial charge in [0.05, 0.1) is 0 Å². The Kier molecular flexibility index (Phi) is 4.48. The molecule has 0 saturated carbocycles. The van der Waals surface area contributed by atoms with E-state index in [-0.39, 0.29) is 11.1 Å². The van der Waals surface area contributed by atoms with Gasteiger partial charge in [-0.3, -0.25) is 9.59 Å². The molecule has 5 heteroatoms. The molecule has 112 valence electrons.